The second kappa shape index (κ2) is 8.95. The van der Waals surface area contributed by atoms with E-state index in [2.05, 4.69) is 26.1 Å². The average molecular weight is 256 g/mol. The van der Waals surface area contributed by atoms with Crippen LogP contribution in [0.15, 0.2) is 0 Å². The Bertz CT molecular complexity index is 265. The number of primary amides is 1. The van der Waals surface area contributed by atoms with E-state index in [-0.39, 0.29) is 23.7 Å². The van der Waals surface area contributed by atoms with Gasteiger partial charge in [0.1, 0.15) is 0 Å². The number of carbonyl (C=O) groups excluding carboxylic acids is 2. The summed E-state index contributed by atoms with van der Waals surface area (Å²) in [6, 6.07) is 0. The number of hydrogen-bond donors (Lipinski definition) is 2. The lowest BCUT2D eigenvalue weighted by Crippen LogP contribution is -2.41. The number of amides is 2. The molecule has 0 rings (SSSR count). The molecule has 4 heteroatoms. The van der Waals surface area contributed by atoms with Gasteiger partial charge in [0.15, 0.2) is 0 Å². The molecule has 4 nitrogen and oxygen atoms in total. The first-order valence-corrected chi connectivity index (χ1v) is 7.00. The first-order valence-electron chi connectivity index (χ1n) is 7.00. The fourth-order valence-corrected chi connectivity index (χ4v) is 2.23. The Balaban J connectivity index is 4.84. The van der Waals surface area contributed by atoms with Crippen LogP contribution in [-0.4, -0.2) is 18.4 Å². The first kappa shape index (κ1) is 16.9. The van der Waals surface area contributed by atoms with Crippen molar-refractivity contribution in [2.45, 2.75) is 53.4 Å². The van der Waals surface area contributed by atoms with Crippen molar-refractivity contribution < 1.29 is 9.59 Å². The van der Waals surface area contributed by atoms with Gasteiger partial charge < -0.3 is 11.1 Å². The molecule has 2 amide bonds. The highest BCUT2D eigenvalue weighted by atomic mass is 16.2. The van der Waals surface area contributed by atoms with Crippen molar-refractivity contribution in [1.29, 1.82) is 0 Å². The monoisotopic (exact) mass is 256 g/mol. The lowest BCUT2D eigenvalue weighted by molar-refractivity contribution is -0.134. The zero-order valence-corrected chi connectivity index (χ0v) is 12.2. The Morgan fingerprint density at radius 1 is 1.17 bits per heavy atom. The van der Waals surface area contributed by atoms with Crippen LogP contribution in [-0.2, 0) is 9.59 Å². The van der Waals surface area contributed by atoms with Gasteiger partial charge in [0.2, 0.25) is 11.8 Å². The minimum atomic E-state index is -0.347. The van der Waals surface area contributed by atoms with Crippen LogP contribution in [0.1, 0.15) is 53.4 Å². The molecular weight excluding hydrogens is 228 g/mol. The van der Waals surface area contributed by atoms with Crippen molar-refractivity contribution in [3.05, 3.63) is 0 Å². The minimum Gasteiger partial charge on any atom is -0.369 e. The summed E-state index contributed by atoms with van der Waals surface area (Å²) in [5.41, 5.74) is 5.47. The van der Waals surface area contributed by atoms with Crippen LogP contribution < -0.4 is 11.1 Å². The molecule has 0 saturated carbocycles. The molecule has 0 bridgehead atoms. The van der Waals surface area contributed by atoms with Crippen molar-refractivity contribution in [2.75, 3.05) is 6.54 Å². The standard InChI is InChI=1S/C14H28N2O2/c1-5-7-8-11(13(15)17)12(9-10(3)4)14(18)16-6-2/h10-12H,5-9H2,1-4H3,(H2,15,17)(H,16,18)/t11-,12+/m0/s1. The predicted molar refractivity (Wildman–Crippen MR) is 73.8 cm³/mol. The van der Waals surface area contributed by atoms with Gasteiger partial charge in [-0.15, -0.1) is 0 Å². The molecule has 0 aliphatic heterocycles. The number of carbonyl (C=O) groups is 2. The van der Waals surface area contributed by atoms with E-state index < -0.39 is 0 Å². The van der Waals surface area contributed by atoms with Crippen LogP contribution in [0.25, 0.3) is 0 Å². The van der Waals surface area contributed by atoms with Crippen molar-refractivity contribution >= 4 is 11.8 Å². The molecule has 0 spiro atoms. The lowest BCUT2D eigenvalue weighted by Gasteiger charge is -2.25. The van der Waals surface area contributed by atoms with E-state index in [0.29, 0.717) is 25.3 Å². The Kier molecular flexibility index (Phi) is 8.42. The van der Waals surface area contributed by atoms with Crippen LogP contribution in [0.2, 0.25) is 0 Å². The number of unbranched alkanes of at least 4 members (excludes halogenated alkanes) is 1. The molecule has 0 aromatic rings. The van der Waals surface area contributed by atoms with Crippen LogP contribution >= 0.6 is 0 Å². The minimum absolute atomic E-state index is 0.0360. The zero-order valence-electron chi connectivity index (χ0n) is 12.2. The van der Waals surface area contributed by atoms with E-state index in [4.69, 9.17) is 5.73 Å². The SMILES string of the molecule is CCCC[C@H](C(N)=O)[C@@H](CC(C)C)C(=O)NCC. The van der Waals surface area contributed by atoms with Gasteiger partial charge in [-0.1, -0.05) is 33.6 Å². The molecule has 0 unspecified atom stereocenters. The van der Waals surface area contributed by atoms with Gasteiger partial charge in [-0.05, 0) is 25.7 Å². The maximum absolute atomic E-state index is 12.1. The lowest BCUT2D eigenvalue weighted by atomic mass is 9.81. The second-order valence-electron chi connectivity index (χ2n) is 5.28. The highest BCUT2D eigenvalue weighted by Gasteiger charge is 2.31. The molecule has 0 radical (unpaired) electrons. The van der Waals surface area contributed by atoms with Gasteiger partial charge in [-0.25, -0.2) is 0 Å². The average Bonchev–Trinajstić information content (AvgIpc) is 2.27. The summed E-state index contributed by atoms with van der Waals surface area (Å²) in [4.78, 5) is 23.6. The largest absolute Gasteiger partial charge is 0.369 e. The summed E-state index contributed by atoms with van der Waals surface area (Å²) in [7, 11) is 0. The van der Waals surface area contributed by atoms with Crippen LogP contribution in [0, 0.1) is 17.8 Å². The predicted octanol–water partition coefficient (Wildman–Crippen LogP) is 2.08. The molecule has 18 heavy (non-hydrogen) atoms. The molecule has 0 aliphatic carbocycles. The normalized spacial score (nSPS) is 14.3. The van der Waals surface area contributed by atoms with E-state index in [1.165, 1.54) is 0 Å². The maximum atomic E-state index is 12.1. The van der Waals surface area contributed by atoms with Crippen LogP contribution in [0.5, 0.6) is 0 Å². The smallest absolute Gasteiger partial charge is 0.223 e. The molecule has 106 valence electrons. The molecule has 0 saturated heterocycles. The Morgan fingerprint density at radius 3 is 2.17 bits per heavy atom. The van der Waals surface area contributed by atoms with E-state index in [1.807, 2.05) is 6.92 Å². The molecule has 3 N–H and O–H groups in total. The third-order valence-electron chi connectivity index (χ3n) is 3.13. The summed E-state index contributed by atoms with van der Waals surface area (Å²) >= 11 is 0. The molecule has 0 aromatic heterocycles. The molecule has 0 fully saturated rings. The number of hydrogen-bond acceptors (Lipinski definition) is 2. The summed E-state index contributed by atoms with van der Waals surface area (Å²) in [6.45, 7) is 8.66. The van der Waals surface area contributed by atoms with E-state index >= 15 is 0 Å². The van der Waals surface area contributed by atoms with Crippen molar-refractivity contribution in [3.8, 4) is 0 Å². The Morgan fingerprint density at radius 2 is 1.78 bits per heavy atom. The van der Waals surface area contributed by atoms with Gasteiger partial charge in [0, 0.05) is 18.4 Å². The summed E-state index contributed by atoms with van der Waals surface area (Å²) in [5.74, 6) is -0.625. The fraction of sp³-hybridized carbons (Fsp3) is 0.857. The highest BCUT2D eigenvalue weighted by Crippen LogP contribution is 2.25. The van der Waals surface area contributed by atoms with E-state index in [9.17, 15) is 9.59 Å². The molecule has 0 heterocycles. The first-order chi connectivity index (χ1) is 8.43. The molecule has 2 atom stereocenters. The third-order valence-corrected chi connectivity index (χ3v) is 3.13. The van der Waals surface area contributed by atoms with Crippen molar-refractivity contribution in [3.63, 3.8) is 0 Å². The number of nitrogens with one attached hydrogen (secondary N) is 1. The highest BCUT2D eigenvalue weighted by molar-refractivity contribution is 5.86. The fourth-order valence-electron chi connectivity index (χ4n) is 2.23. The van der Waals surface area contributed by atoms with Gasteiger partial charge in [-0.2, -0.15) is 0 Å². The van der Waals surface area contributed by atoms with Gasteiger partial charge in [0.25, 0.3) is 0 Å². The van der Waals surface area contributed by atoms with Crippen LogP contribution in [0.4, 0.5) is 0 Å². The summed E-state index contributed by atoms with van der Waals surface area (Å²) in [6.07, 6.45) is 3.36. The van der Waals surface area contributed by atoms with Gasteiger partial charge in [-0.3, -0.25) is 9.59 Å². The molecule has 0 aromatic carbocycles. The summed E-state index contributed by atoms with van der Waals surface area (Å²) in [5, 5.41) is 2.82. The molecular formula is C14H28N2O2. The Labute approximate surface area is 111 Å². The van der Waals surface area contributed by atoms with E-state index in [0.717, 1.165) is 12.8 Å². The second-order valence-corrected chi connectivity index (χ2v) is 5.28. The number of nitrogens with two attached hydrogens (primary N) is 1. The topological polar surface area (TPSA) is 72.2 Å². The van der Waals surface area contributed by atoms with Crippen molar-refractivity contribution in [1.82, 2.24) is 5.32 Å². The van der Waals surface area contributed by atoms with Crippen molar-refractivity contribution in [2.24, 2.45) is 23.5 Å². The Hall–Kier alpha value is -1.06. The maximum Gasteiger partial charge on any atom is 0.223 e. The summed E-state index contributed by atoms with van der Waals surface area (Å²) < 4.78 is 0. The van der Waals surface area contributed by atoms with Crippen LogP contribution in [0.3, 0.4) is 0 Å². The zero-order chi connectivity index (χ0) is 14.1. The third kappa shape index (κ3) is 6.03. The van der Waals surface area contributed by atoms with Gasteiger partial charge in [0.05, 0.1) is 0 Å². The quantitative estimate of drug-likeness (QED) is 0.663. The van der Waals surface area contributed by atoms with E-state index in [1.54, 1.807) is 0 Å². The molecule has 0 aliphatic rings. The number of rotatable bonds is 9. The van der Waals surface area contributed by atoms with Gasteiger partial charge >= 0.3 is 0 Å².